The van der Waals surface area contributed by atoms with E-state index in [4.69, 9.17) is 18.9 Å². The Labute approximate surface area is 342 Å². The Morgan fingerprint density at radius 2 is 1.02 bits per heavy atom. The third-order valence-corrected chi connectivity index (χ3v) is 12.9. The van der Waals surface area contributed by atoms with Crippen molar-refractivity contribution < 1.29 is 38.7 Å². The van der Waals surface area contributed by atoms with E-state index >= 15 is 0 Å². The molecular weight excluding hydrogens is 733 g/mol. The monoisotopic (exact) mass is 790 g/mol. The number of hydrogen-bond donors (Lipinski definition) is 2. The summed E-state index contributed by atoms with van der Waals surface area (Å²) in [5.41, 5.74) is 4.75. The van der Waals surface area contributed by atoms with Crippen LogP contribution < -0.4 is 18.9 Å². The molecule has 4 aliphatic carbocycles. The minimum Gasteiger partial charge on any atom is -0.493 e. The number of hydrogen-bond acceptors (Lipinski definition) is 8. The van der Waals surface area contributed by atoms with E-state index in [2.05, 4.69) is 22.1 Å². The molecule has 0 aliphatic heterocycles. The molecule has 308 valence electrons. The number of ether oxygens (including phenoxy) is 4. The van der Waals surface area contributed by atoms with Crippen LogP contribution in [0, 0.1) is 35.5 Å². The van der Waals surface area contributed by atoms with Crippen LogP contribution in [0.5, 0.6) is 23.3 Å². The number of methoxy groups -OCH3 is 2. The normalized spacial score (nSPS) is 23.0. The molecule has 4 aromatic rings. The molecule has 10 heteroatoms. The number of carbonyl (C=O) groups is 2. The van der Waals surface area contributed by atoms with E-state index < -0.39 is 11.9 Å². The number of aromatic nitrogens is 2. The predicted octanol–water partition coefficient (Wildman–Crippen LogP) is 9.75. The number of nitrogens with zero attached hydrogens (tertiary/aromatic N) is 2. The lowest BCUT2D eigenvalue weighted by Crippen LogP contribution is -2.27. The minimum atomic E-state index is -0.721. The fraction of sp³-hybridized carbons (Fsp3) is 0.500. The molecule has 4 saturated carbocycles. The lowest BCUT2D eigenvalue weighted by Gasteiger charge is -2.35. The van der Waals surface area contributed by atoms with Crippen LogP contribution in [0.4, 0.5) is 0 Å². The van der Waals surface area contributed by atoms with Crippen LogP contribution >= 0.6 is 0 Å². The second-order valence-electron chi connectivity index (χ2n) is 17.1. The molecule has 58 heavy (non-hydrogen) atoms. The molecule has 8 rings (SSSR count). The van der Waals surface area contributed by atoms with Gasteiger partial charge in [-0.1, -0.05) is 38.1 Å². The molecule has 2 heterocycles. The first-order valence-electron chi connectivity index (χ1n) is 21.0. The zero-order chi connectivity index (χ0) is 40.8. The number of carboxylic acid groups (broad SMARTS) is 2. The summed E-state index contributed by atoms with van der Waals surface area (Å²) >= 11 is 0. The standard InChI is InChI=1S/2C24H29NO4/c2*1-15(24(26)27)23(17-6-7-17)19-4-3-5-21(12-19)29-14-16-10-20(11-16)18-8-9-25-22(13-18)28-2/h2*3-5,8-9,12-13,15-17,20,23H,6-7,10-11,14H2,1-2H3,(H,26,27)/t2*15-,16?,20?,23-/m00/s1. The maximum atomic E-state index is 11.5. The third-order valence-electron chi connectivity index (χ3n) is 12.9. The van der Waals surface area contributed by atoms with Gasteiger partial charge in [0.25, 0.3) is 0 Å². The Hall–Kier alpha value is -5.12. The van der Waals surface area contributed by atoms with Crippen LogP contribution in [0.3, 0.4) is 0 Å². The van der Waals surface area contributed by atoms with Gasteiger partial charge < -0.3 is 29.2 Å². The van der Waals surface area contributed by atoms with E-state index in [9.17, 15) is 19.8 Å². The summed E-state index contributed by atoms with van der Waals surface area (Å²) in [6.45, 7) is 5.04. The topological polar surface area (TPSA) is 137 Å². The van der Waals surface area contributed by atoms with Gasteiger partial charge in [-0.3, -0.25) is 9.59 Å². The summed E-state index contributed by atoms with van der Waals surface area (Å²) in [4.78, 5) is 31.4. The Morgan fingerprint density at radius 1 is 0.621 bits per heavy atom. The maximum Gasteiger partial charge on any atom is 0.306 e. The van der Waals surface area contributed by atoms with Gasteiger partial charge in [-0.15, -0.1) is 0 Å². The SMILES string of the molecule is COc1cc(C2CC(COc3cccc([C@H](C4CC4)[C@H](C)C(=O)O)c3)C2)ccn1.COc1cc(C2CC(COc3cccc([C@H](C4CC4)[C@H](C)C(=O)O)c3)C2)ccn1. The zero-order valence-electron chi connectivity index (χ0n) is 34.2. The summed E-state index contributed by atoms with van der Waals surface area (Å²) in [5, 5.41) is 19.0. The molecule has 10 nitrogen and oxygen atoms in total. The first-order chi connectivity index (χ1) is 28.1. The molecule has 0 bridgehead atoms. The van der Waals surface area contributed by atoms with Gasteiger partial charge in [0.05, 0.1) is 39.3 Å². The molecular formula is C48H58N2O8. The Balaban J connectivity index is 0.000000177. The van der Waals surface area contributed by atoms with Gasteiger partial charge in [-0.25, -0.2) is 9.97 Å². The van der Waals surface area contributed by atoms with Crippen LogP contribution in [0.15, 0.2) is 85.2 Å². The average molecular weight is 791 g/mol. The van der Waals surface area contributed by atoms with Crippen LogP contribution in [0.25, 0.3) is 0 Å². The van der Waals surface area contributed by atoms with Gasteiger partial charge in [0, 0.05) is 24.5 Å². The lowest BCUT2D eigenvalue weighted by molar-refractivity contribution is -0.143. The molecule has 0 amide bonds. The van der Waals surface area contributed by atoms with Gasteiger partial charge in [0.15, 0.2) is 0 Å². The van der Waals surface area contributed by atoms with Gasteiger partial charge in [0.2, 0.25) is 11.8 Å². The van der Waals surface area contributed by atoms with Crippen molar-refractivity contribution in [2.75, 3.05) is 27.4 Å². The maximum absolute atomic E-state index is 11.5. The highest BCUT2D eigenvalue weighted by Crippen LogP contribution is 2.49. The third kappa shape index (κ3) is 10.3. The van der Waals surface area contributed by atoms with Gasteiger partial charge >= 0.3 is 11.9 Å². The minimum absolute atomic E-state index is 0.0748. The summed E-state index contributed by atoms with van der Waals surface area (Å²) in [5.74, 6) is 4.14. The second kappa shape index (κ2) is 18.6. The van der Waals surface area contributed by atoms with Crippen molar-refractivity contribution >= 4 is 11.9 Å². The van der Waals surface area contributed by atoms with E-state index in [0.717, 1.165) is 74.0 Å². The number of aliphatic carboxylic acids is 2. The number of rotatable bonds is 18. The van der Waals surface area contributed by atoms with Crippen LogP contribution in [0.2, 0.25) is 0 Å². The molecule has 0 radical (unpaired) electrons. The van der Waals surface area contributed by atoms with Crippen LogP contribution in [-0.2, 0) is 9.59 Å². The Morgan fingerprint density at radius 3 is 1.36 bits per heavy atom. The van der Waals surface area contributed by atoms with E-state index in [-0.39, 0.29) is 23.7 Å². The molecule has 4 atom stereocenters. The quantitative estimate of drug-likeness (QED) is 0.100. The highest BCUT2D eigenvalue weighted by Gasteiger charge is 2.40. The molecule has 2 aromatic heterocycles. The Bertz CT molecular complexity index is 1860. The number of benzene rings is 2. The summed E-state index contributed by atoms with van der Waals surface area (Å²) in [6, 6.07) is 24.3. The largest absolute Gasteiger partial charge is 0.493 e. The summed E-state index contributed by atoms with van der Waals surface area (Å²) in [6.07, 6.45) is 12.5. The predicted molar refractivity (Wildman–Crippen MR) is 221 cm³/mol. The van der Waals surface area contributed by atoms with Gasteiger partial charge in [-0.2, -0.15) is 0 Å². The van der Waals surface area contributed by atoms with Crippen molar-refractivity contribution in [2.24, 2.45) is 35.5 Å². The summed E-state index contributed by atoms with van der Waals surface area (Å²) in [7, 11) is 3.28. The van der Waals surface area contributed by atoms with Crippen molar-refractivity contribution in [3.05, 3.63) is 107 Å². The first-order valence-corrected chi connectivity index (χ1v) is 21.0. The smallest absolute Gasteiger partial charge is 0.306 e. The first kappa shape index (κ1) is 41.1. The van der Waals surface area contributed by atoms with E-state index in [1.165, 1.54) is 11.1 Å². The molecule has 4 aliphatic rings. The molecule has 2 aromatic carbocycles. The van der Waals surface area contributed by atoms with Crippen molar-refractivity contribution in [3.63, 3.8) is 0 Å². The molecule has 0 unspecified atom stereocenters. The van der Waals surface area contributed by atoms with Crippen molar-refractivity contribution in [2.45, 2.75) is 88.9 Å². The second-order valence-corrected chi connectivity index (χ2v) is 17.1. The van der Waals surface area contributed by atoms with E-state index in [1.807, 2.05) is 74.5 Å². The molecule has 4 fully saturated rings. The van der Waals surface area contributed by atoms with E-state index in [0.29, 0.717) is 60.5 Å². The average Bonchev–Trinajstić information content (AvgIpc) is 4.15. The molecule has 0 saturated heterocycles. The van der Waals surface area contributed by atoms with Crippen molar-refractivity contribution in [1.82, 2.24) is 9.97 Å². The Kier molecular flexibility index (Phi) is 13.2. The van der Waals surface area contributed by atoms with Crippen molar-refractivity contribution in [3.8, 4) is 23.3 Å². The fourth-order valence-corrected chi connectivity index (χ4v) is 9.08. The van der Waals surface area contributed by atoms with E-state index in [1.54, 1.807) is 26.6 Å². The molecule has 2 N–H and O–H groups in total. The van der Waals surface area contributed by atoms with Crippen LogP contribution in [0.1, 0.15) is 111 Å². The highest BCUT2D eigenvalue weighted by molar-refractivity contribution is 5.71. The van der Waals surface area contributed by atoms with Crippen LogP contribution in [-0.4, -0.2) is 59.6 Å². The number of pyridine rings is 2. The lowest BCUT2D eigenvalue weighted by atomic mass is 9.72. The molecule has 0 spiro atoms. The fourth-order valence-electron chi connectivity index (χ4n) is 9.08. The van der Waals surface area contributed by atoms with Crippen molar-refractivity contribution in [1.29, 1.82) is 0 Å². The highest BCUT2D eigenvalue weighted by atomic mass is 16.5. The zero-order valence-corrected chi connectivity index (χ0v) is 34.2. The number of carboxylic acids is 2. The summed E-state index contributed by atoms with van der Waals surface area (Å²) < 4.78 is 22.6. The van der Waals surface area contributed by atoms with Gasteiger partial charge in [0.1, 0.15) is 11.5 Å². The van der Waals surface area contributed by atoms with Gasteiger partial charge in [-0.05, 0) is 157 Å².